The maximum atomic E-state index is 12.3. The summed E-state index contributed by atoms with van der Waals surface area (Å²) in [5.41, 5.74) is -2.91. The molecule has 0 bridgehead atoms. The van der Waals surface area contributed by atoms with Crippen LogP contribution in [0.5, 0.6) is 5.75 Å². The van der Waals surface area contributed by atoms with E-state index < -0.39 is 33.1 Å². The van der Waals surface area contributed by atoms with E-state index >= 15 is 0 Å². The normalized spacial score (nSPS) is 12.6. The molecule has 0 saturated carbocycles. The van der Waals surface area contributed by atoms with Crippen molar-refractivity contribution in [2.75, 3.05) is 0 Å². The van der Waals surface area contributed by atoms with Crippen molar-refractivity contribution in [3.05, 3.63) is 25.7 Å². The minimum atomic E-state index is -5.17. The molecule has 0 aliphatic carbocycles. The fraction of sp³-hybridized carbons (Fsp3) is 0.286. The van der Waals surface area contributed by atoms with Crippen LogP contribution in [-0.2, 0) is 6.18 Å². The van der Waals surface area contributed by atoms with Gasteiger partial charge >= 0.3 is 12.5 Å². The van der Waals surface area contributed by atoms with Gasteiger partial charge in [-0.15, -0.1) is 13.2 Å². The number of nitrogens with one attached hydrogen (secondary N) is 1. The largest absolute Gasteiger partial charge is 0.573 e. The van der Waals surface area contributed by atoms with Crippen LogP contribution in [0.3, 0.4) is 0 Å². The Morgan fingerprint density at radius 2 is 1.71 bits per heavy atom. The number of halogens is 7. The Morgan fingerprint density at radius 1 is 1.18 bits per heavy atom. The van der Waals surface area contributed by atoms with E-state index in [0.29, 0.717) is 6.07 Å². The van der Waals surface area contributed by atoms with Crippen LogP contribution in [0.2, 0.25) is 0 Å². The first-order chi connectivity index (χ1) is 7.50. The SMILES string of the molecule is O=c1cc(OC(F)(F)F)c(I)c(C(F)(F)F)[nH]1. The van der Waals surface area contributed by atoms with Gasteiger partial charge in [-0.05, 0) is 22.6 Å². The Hall–Kier alpha value is -0.940. The van der Waals surface area contributed by atoms with Crippen LogP contribution in [0.4, 0.5) is 26.3 Å². The van der Waals surface area contributed by atoms with Crippen LogP contribution >= 0.6 is 22.6 Å². The summed E-state index contributed by atoms with van der Waals surface area (Å²) in [6.07, 6.45) is -10.1. The fourth-order valence-electron chi connectivity index (χ4n) is 0.914. The summed E-state index contributed by atoms with van der Waals surface area (Å²) in [4.78, 5) is 12.2. The minimum absolute atomic E-state index is 0.296. The molecule has 0 spiro atoms. The quantitative estimate of drug-likeness (QED) is 0.608. The second kappa shape index (κ2) is 4.38. The molecule has 96 valence electrons. The summed E-state index contributed by atoms with van der Waals surface area (Å²) < 4.78 is 75.0. The lowest BCUT2D eigenvalue weighted by Crippen LogP contribution is -2.23. The van der Waals surface area contributed by atoms with Gasteiger partial charge in [0.05, 0.1) is 3.57 Å². The van der Waals surface area contributed by atoms with Crippen LogP contribution in [0.15, 0.2) is 10.9 Å². The van der Waals surface area contributed by atoms with Crippen molar-refractivity contribution in [2.24, 2.45) is 0 Å². The van der Waals surface area contributed by atoms with Crippen molar-refractivity contribution < 1.29 is 31.1 Å². The number of aromatic amines is 1. The molecule has 1 aromatic rings. The molecule has 1 aromatic heterocycles. The number of ether oxygens (including phenoxy) is 1. The van der Waals surface area contributed by atoms with Gasteiger partial charge in [-0.2, -0.15) is 13.2 Å². The van der Waals surface area contributed by atoms with E-state index in [2.05, 4.69) is 4.74 Å². The van der Waals surface area contributed by atoms with Gasteiger partial charge in [0, 0.05) is 6.07 Å². The molecule has 0 aliphatic rings. The Bertz CT molecular complexity index is 477. The van der Waals surface area contributed by atoms with E-state index in [0.717, 1.165) is 22.6 Å². The smallest absolute Gasteiger partial charge is 0.404 e. The highest BCUT2D eigenvalue weighted by atomic mass is 127. The van der Waals surface area contributed by atoms with E-state index in [1.165, 1.54) is 4.98 Å². The summed E-state index contributed by atoms with van der Waals surface area (Å²) in [5, 5.41) is 0. The molecule has 1 heterocycles. The van der Waals surface area contributed by atoms with E-state index in [1.54, 1.807) is 0 Å². The predicted octanol–water partition coefficient (Wildman–Crippen LogP) is 2.90. The molecule has 0 fully saturated rings. The first kappa shape index (κ1) is 14.1. The molecule has 0 aliphatic heterocycles. The Labute approximate surface area is 103 Å². The van der Waals surface area contributed by atoms with Crippen LogP contribution in [-0.4, -0.2) is 11.3 Å². The third-order valence-electron chi connectivity index (χ3n) is 1.46. The van der Waals surface area contributed by atoms with Crippen molar-refractivity contribution in [3.63, 3.8) is 0 Å². The fourth-order valence-corrected chi connectivity index (χ4v) is 1.62. The van der Waals surface area contributed by atoms with Gasteiger partial charge in [-0.1, -0.05) is 0 Å². The van der Waals surface area contributed by atoms with Crippen molar-refractivity contribution in [1.29, 1.82) is 0 Å². The first-order valence-corrected chi connectivity index (χ1v) is 4.84. The predicted molar refractivity (Wildman–Crippen MR) is 51.5 cm³/mol. The molecule has 0 aromatic carbocycles. The molecule has 1 N–H and O–H groups in total. The maximum absolute atomic E-state index is 12.3. The summed E-state index contributed by atoms with van der Waals surface area (Å²) in [6.45, 7) is 0. The monoisotopic (exact) mass is 373 g/mol. The zero-order valence-corrected chi connectivity index (χ0v) is 9.70. The molecule has 10 heteroatoms. The van der Waals surface area contributed by atoms with Gasteiger partial charge in [0.2, 0.25) is 0 Å². The molecular formula is C7H2F6INO2. The molecular weight excluding hydrogens is 371 g/mol. The van der Waals surface area contributed by atoms with Crippen LogP contribution in [0.25, 0.3) is 0 Å². The van der Waals surface area contributed by atoms with E-state index in [-0.39, 0.29) is 0 Å². The van der Waals surface area contributed by atoms with Gasteiger partial charge in [0.15, 0.2) is 0 Å². The minimum Gasteiger partial charge on any atom is -0.404 e. The molecule has 0 atom stereocenters. The van der Waals surface area contributed by atoms with Crippen LogP contribution < -0.4 is 10.3 Å². The summed E-state index contributed by atoms with van der Waals surface area (Å²) >= 11 is 1.01. The molecule has 0 saturated heterocycles. The number of hydrogen-bond acceptors (Lipinski definition) is 2. The van der Waals surface area contributed by atoms with Gasteiger partial charge < -0.3 is 9.72 Å². The second-order valence-electron chi connectivity index (χ2n) is 2.73. The number of alkyl halides is 6. The summed E-state index contributed by atoms with van der Waals surface area (Å²) in [5.74, 6) is -1.19. The van der Waals surface area contributed by atoms with E-state index in [1.807, 2.05) is 0 Å². The second-order valence-corrected chi connectivity index (χ2v) is 3.81. The molecule has 3 nitrogen and oxygen atoms in total. The van der Waals surface area contributed by atoms with Crippen molar-refractivity contribution >= 4 is 22.6 Å². The average molecular weight is 373 g/mol. The average Bonchev–Trinajstić information content (AvgIpc) is 2.06. The molecule has 1 rings (SSSR count). The molecule has 0 amide bonds. The highest BCUT2D eigenvalue weighted by Gasteiger charge is 2.38. The Morgan fingerprint density at radius 3 is 2.12 bits per heavy atom. The van der Waals surface area contributed by atoms with Gasteiger partial charge in [-0.25, -0.2) is 0 Å². The Balaban J connectivity index is 3.35. The number of hydrogen-bond donors (Lipinski definition) is 1. The van der Waals surface area contributed by atoms with Gasteiger partial charge in [0.25, 0.3) is 5.56 Å². The molecule has 0 radical (unpaired) electrons. The maximum Gasteiger partial charge on any atom is 0.573 e. The zero-order chi connectivity index (χ0) is 13.4. The van der Waals surface area contributed by atoms with Crippen molar-refractivity contribution in [3.8, 4) is 5.75 Å². The zero-order valence-electron chi connectivity index (χ0n) is 7.54. The third kappa shape index (κ3) is 3.78. The van der Waals surface area contributed by atoms with Crippen LogP contribution in [0, 0.1) is 3.57 Å². The first-order valence-electron chi connectivity index (χ1n) is 3.76. The number of rotatable bonds is 1. The van der Waals surface area contributed by atoms with E-state index in [9.17, 15) is 31.1 Å². The standard InChI is InChI=1S/C7H2F6INO2/c8-6(9,10)5-4(14)2(1-3(16)15-5)17-7(11,12)13/h1H,(H,15,16). The highest BCUT2D eigenvalue weighted by Crippen LogP contribution is 2.35. The number of aromatic nitrogens is 1. The lowest BCUT2D eigenvalue weighted by Gasteiger charge is -2.14. The topological polar surface area (TPSA) is 42.1 Å². The lowest BCUT2D eigenvalue weighted by atomic mass is 10.3. The van der Waals surface area contributed by atoms with Gasteiger partial charge in [0.1, 0.15) is 11.4 Å². The van der Waals surface area contributed by atoms with Crippen LogP contribution in [0.1, 0.15) is 5.69 Å². The summed E-state index contributed by atoms with van der Waals surface area (Å²) in [7, 11) is 0. The third-order valence-corrected chi connectivity index (χ3v) is 2.53. The van der Waals surface area contributed by atoms with Crippen molar-refractivity contribution in [2.45, 2.75) is 12.5 Å². The van der Waals surface area contributed by atoms with E-state index in [4.69, 9.17) is 0 Å². The Kier molecular flexibility index (Phi) is 3.64. The molecule has 0 unspecified atom stereocenters. The number of H-pyrrole nitrogens is 1. The molecule has 17 heavy (non-hydrogen) atoms. The number of pyridine rings is 1. The summed E-state index contributed by atoms with van der Waals surface area (Å²) in [6, 6.07) is 0.296. The lowest BCUT2D eigenvalue weighted by molar-refractivity contribution is -0.275. The van der Waals surface area contributed by atoms with Gasteiger partial charge in [-0.3, -0.25) is 4.79 Å². The highest BCUT2D eigenvalue weighted by molar-refractivity contribution is 14.1. The van der Waals surface area contributed by atoms with Crippen molar-refractivity contribution in [1.82, 2.24) is 4.98 Å².